The van der Waals surface area contributed by atoms with Crippen molar-refractivity contribution >= 4 is 11.2 Å². The predicted molar refractivity (Wildman–Crippen MR) is 46.7 cm³/mol. The maximum atomic E-state index is 10.7. The summed E-state index contributed by atoms with van der Waals surface area (Å²) in [6.45, 7) is 0. The van der Waals surface area contributed by atoms with Crippen LogP contribution in [0.5, 0.6) is 0 Å². The van der Waals surface area contributed by atoms with Gasteiger partial charge in [0.25, 0.3) is 0 Å². The second kappa shape index (κ2) is 3.28. The maximum absolute atomic E-state index is 10.7. The lowest BCUT2D eigenvalue weighted by molar-refractivity contribution is -0.0381. The maximum Gasteiger partial charge on any atom is 0.519 e. The summed E-state index contributed by atoms with van der Waals surface area (Å²) in [5, 5.41) is 17.4. The highest BCUT2D eigenvalue weighted by Crippen LogP contribution is 2.15. The molecule has 0 spiro atoms. The van der Waals surface area contributed by atoms with Gasteiger partial charge in [-0.3, -0.25) is 0 Å². The number of benzene rings is 1. The zero-order valence-electron chi connectivity index (χ0n) is 7.14. The van der Waals surface area contributed by atoms with Gasteiger partial charge >= 0.3 is 5.82 Å². The second-order valence-corrected chi connectivity index (χ2v) is 2.92. The van der Waals surface area contributed by atoms with E-state index in [1.807, 2.05) is 0 Å². The van der Waals surface area contributed by atoms with Crippen LogP contribution >= 0.6 is 0 Å². The fourth-order valence-electron chi connectivity index (χ4n) is 1.25. The van der Waals surface area contributed by atoms with Gasteiger partial charge in [0.1, 0.15) is 0 Å². The van der Waals surface area contributed by atoms with Gasteiger partial charge in [0, 0.05) is 6.42 Å². The van der Waals surface area contributed by atoms with E-state index in [0.29, 0.717) is 16.7 Å². The van der Waals surface area contributed by atoms with Crippen LogP contribution in [0.4, 0.5) is 0 Å². The van der Waals surface area contributed by atoms with Crippen molar-refractivity contribution in [3.05, 3.63) is 34.4 Å². The number of rotatable bonds is 2. The van der Waals surface area contributed by atoms with Gasteiger partial charge in [-0.25, -0.2) is 4.79 Å². The molecule has 2 aromatic rings. The molecule has 0 saturated carbocycles. The fourth-order valence-corrected chi connectivity index (χ4v) is 1.25. The highest BCUT2D eigenvalue weighted by molar-refractivity contribution is 5.70. The van der Waals surface area contributed by atoms with Crippen LogP contribution in [0.3, 0.4) is 0 Å². The summed E-state index contributed by atoms with van der Waals surface area (Å²) in [7, 11) is 0. The van der Waals surface area contributed by atoms with Crippen molar-refractivity contribution in [3.8, 4) is 0 Å². The standard InChI is InChI=1S/C9H8O5/c10-8(11)4-5-1-2-6-7(3-5)14-9(12)13-6/h1-3,8,10-11H,4H2. The Morgan fingerprint density at radius 2 is 1.93 bits per heavy atom. The molecule has 14 heavy (non-hydrogen) atoms. The number of hydrogen-bond acceptors (Lipinski definition) is 5. The van der Waals surface area contributed by atoms with Crippen molar-refractivity contribution in [1.82, 2.24) is 0 Å². The van der Waals surface area contributed by atoms with E-state index in [1.54, 1.807) is 18.2 Å². The molecule has 5 nitrogen and oxygen atoms in total. The second-order valence-electron chi connectivity index (χ2n) is 2.92. The summed E-state index contributed by atoms with van der Waals surface area (Å²) >= 11 is 0. The number of aliphatic hydroxyl groups excluding tert-OH is 1. The molecule has 2 rings (SSSR count). The van der Waals surface area contributed by atoms with Gasteiger partial charge in [-0.1, -0.05) is 6.07 Å². The van der Waals surface area contributed by atoms with Crippen LogP contribution in [-0.4, -0.2) is 16.5 Å². The molecule has 0 unspecified atom stereocenters. The number of hydrogen-bond donors (Lipinski definition) is 2. The number of fused-ring (bicyclic) bond motifs is 1. The largest absolute Gasteiger partial charge is 0.519 e. The molecule has 74 valence electrons. The molecule has 0 bridgehead atoms. The molecule has 0 aliphatic carbocycles. The van der Waals surface area contributed by atoms with Crippen LogP contribution in [0.25, 0.3) is 11.2 Å². The average molecular weight is 196 g/mol. The average Bonchev–Trinajstić information content (AvgIpc) is 2.42. The Labute approximate surface area is 78.2 Å². The minimum absolute atomic E-state index is 0.0881. The summed E-state index contributed by atoms with van der Waals surface area (Å²) in [6.07, 6.45) is -1.32. The van der Waals surface area contributed by atoms with Crippen LogP contribution in [0.15, 0.2) is 31.8 Å². The molecule has 0 aliphatic heterocycles. The summed E-state index contributed by atoms with van der Waals surface area (Å²) in [5.41, 5.74) is 1.33. The van der Waals surface area contributed by atoms with Crippen molar-refractivity contribution < 1.29 is 19.0 Å². The summed E-state index contributed by atoms with van der Waals surface area (Å²) < 4.78 is 9.39. The van der Waals surface area contributed by atoms with E-state index in [0.717, 1.165) is 0 Å². The first-order chi connectivity index (χ1) is 6.65. The van der Waals surface area contributed by atoms with E-state index in [2.05, 4.69) is 4.42 Å². The quantitative estimate of drug-likeness (QED) is 0.672. The Balaban J connectivity index is 2.45. The van der Waals surface area contributed by atoms with Gasteiger partial charge in [-0.05, 0) is 17.7 Å². The predicted octanol–water partition coefficient (Wildman–Crippen LogP) is 0.239. The lowest BCUT2D eigenvalue weighted by Crippen LogP contribution is -2.07. The molecular weight excluding hydrogens is 188 g/mol. The smallest absolute Gasteiger partial charge is 0.391 e. The Hall–Kier alpha value is -1.59. The van der Waals surface area contributed by atoms with E-state index < -0.39 is 12.1 Å². The zero-order valence-corrected chi connectivity index (χ0v) is 7.14. The van der Waals surface area contributed by atoms with Crippen molar-refractivity contribution in [2.75, 3.05) is 0 Å². The first kappa shape index (κ1) is 8.98. The normalized spacial score (nSPS) is 11.4. The van der Waals surface area contributed by atoms with Crippen molar-refractivity contribution in [2.45, 2.75) is 12.7 Å². The molecule has 1 heterocycles. The van der Waals surface area contributed by atoms with Gasteiger partial charge in [-0.2, -0.15) is 0 Å². The number of aliphatic hydroxyl groups is 2. The van der Waals surface area contributed by atoms with Gasteiger partial charge in [-0.15, -0.1) is 0 Å². The van der Waals surface area contributed by atoms with Crippen molar-refractivity contribution in [1.29, 1.82) is 0 Å². The van der Waals surface area contributed by atoms with Crippen molar-refractivity contribution in [3.63, 3.8) is 0 Å². The molecule has 5 heteroatoms. The lowest BCUT2D eigenvalue weighted by Gasteiger charge is -2.01. The van der Waals surface area contributed by atoms with Crippen LogP contribution in [-0.2, 0) is 6.42 Å². The molecule has 0 radical (unpaired) electrons. The van der Waals surface area contributed by atoms with E-state index >= 15 is 0 Å². The lowest BCUT2D eigenvalue weighted by atomic mass is 10.1. The monoisotopic (exact) mass is 196 g/mol. The summed E-state index contributed by atoms with van der Waals surface area (Å²) in [6, 6.07) is 4.73. The van der Waals surface area contributed by atoms with Crippen LogP contribution in [0.2, 0.25) is 0 Å². The van der Waals surface area contributed by atoms with Gasteiger partial charge in [0.15, 0.2) is 17.5 Å². The van der Waals surface area contributed by atoms with Gasteiger partial charge in [0.05, 0.1) is 0 Å². The van der Waals surface area contributed by atoms with Gasteiger partial charge < -0.3 is 19.0 Å². The molecule has 0 fully saturated rings. The highest BCUT2D eigenvalue weighted by Gasteiger charge is 2.06. The molecule has 0 saturated heterocycles. The van der Waals surface area contributed by atoms with Crippen LogP contribution in [0.1, 0.15) is 5.56 Å². The van der Waals surface area contributed by atoms with Crippen LogP contribution in [0, 0.1) is 0 Å². The molecular formula is C9H8O5. The van der Waals surface area contributed by atoms with Crippen LogP contribution < -0.4 is 5.82 Å². The topological polar surface area (TPSA) is 83.8 Å². The minimum atomic E-state index is -1.41. The highest BCUT2D eigenvalue weighted by atomic mass is 16.6. The SMILES string of the molecule is O=c1oc2ccc(CC(O)O)cc2o1. The fraction of sp³-hybridized carbons (Fsp3) is 0.222. The van der Waals surface area contributed by atoms with Crippen molar-refractivity contribution in [2.24, 2.45) is 0 Å². The molecule has 0 amide bonds. The molecule has 1 aromatic heterocycles. The van der Waals surface area contributed by atoms with E-state index in [1.165, 1.54) is 0 Å². The third kappa shape index (κ3) is 1.68. The Bertz CT molecular complexity index is 493. The Kier molecular flexibility index (Phi) is 2.11. The minimum Gasteiger partial charge on any atom is -0.391 e. The van der Waals surface area contributed by atoms with E-state index in [9.17, 15) is 4.79 Å². The van der Waals surface area contributed by atoms with E-state index in [-0.39, 0.29) is 6.42 Å². The third-order valence-electron chi connectivity index (χ3n) is 1.81. The first-order valence-corrected chi connectivity index (χ1v) is 4.04. The Morgan fingerprint density at radius 1 is 1.21 bits per heavy atom. The van der Waals surface area contributed by atoms with Gasteiger partial charge in [0.2, 0.25) is 0 Å². The first-order valence-electron chi connectivity index (χ1n) is 4.04. The molecule has 0 atom stereocenters. The summed E-state index contributed by atoms with van der Waals surface area (Å²) in [5.74, 6) is -0.762. The summed E-state index contributed by atoms with van der Waals surface area (Å²) in [4.78, 5) is 10.7. The molecule has 0 aliphatic rings. The van der Waals surface area contributed by atoms with E-state index in [4.69, 9.17) is 14.6 Å². The zero-order chi connectivity index (χ0) is 10.1. The molecule has 2 N–H and O–H groups in total. The molecule has 1 aromatic carbocycles. The third-order valence-corrected chi connectivity index (χ3v) is 1.81. The Morgan fingerprint density at radius 3 is 2.64 bits per heavy atom.